The van der Waals surface area contributed by atoms with Crippen molar-refractivity contribution in [3.8, 4) is 0 Å². The first-order valence-corrected chi connectivity index (χ1v) is 5.05. The Labute approximate surface area is 97.1 Å². The second kappa shape index (κ2) is 4.69. The highest BCUT2D eigenvalue weighted by Crippen LogP contribution is 2.11. The summed E-state index contributed by atoms with van der Waals surface area (Å²) in [6.07, 6.45) is 1.61. The second-order valence-electron chi connectivity index (χ2n) is 3.59. The molecule has 0 amide bonds. The largest absolute Gasteiger partial charge is 0.477 e. The predicted molar refractivity (Wildman–Crippen MR) is 61.5 cm³/mol. The molecule has 0 spiro atoms. The molecule has 17 heavy (non-hydrogen) atoms. The molecule has 0 aliphatic heterocycles. The lowest BCUT2D eigenvalue weighted by Crippen LogP contribution is -1.98. The topological polar surface area (TPSA) is 65.1 Å². The van der Waals surface area contributed by atoms with Gasteiger partial charge in [-0.25, -0.2) is 9.18 Å². The lowest BCUT2D eigenvalue weighted by Gasteiger charge is -2.04. The zero-order valence-electron chi connectivity index (χ0n) is 8.90. The van der Waals surface area contributed by atoms with E-state index < -0.39 is 5.97 Å². The number of hydrogen-bond acceptors (Lipinski definition) is 2. The SMILES string of the molecule is O=C(O)c1cc(CNc2cccc(F)c2)c[nH]1. The van der Waals surface area contributed by atoms with Crippen molar-refractivity contribution in [2.45, 2.75) is 6.54 Å². The van der Waals surface area contributed by atoms with Gasteiger partial charge in [-0.1, -0.05) is 6.07 Å². The molecule has 0 saturated heterocycles. The number of hydrogen-bond donors (Lipinski definition) is 3. The van der Waals surface area contributed by atoms with Crippen LogP contribution in [0.1, 0.15) is 16.1 Å². The number of aromatic carboxylic acids is 1. The number of nitrogens with one attached hydrogen (secondary N) is 2. The molecule has 88 valence electrons. The van der Waals surface area contributed by atoms with E-state index in [0.29, 0.717) is 12.2 Å². The highest BCUT2D eigenvalue weighted by Gasteiger charge is 2.05. The predicted octanol–water partition coefficient (Wildman–Crippen LogP) is 2.46. The Bertz CT molecular complexity index is 537. The first-order chi connectivity index (χ1) is 8.15. The number of H-pyrrole nitrogens is 1. The fourth-order valence-corrected chi connectivity index (χ4v) is 1.47. The van der Waals surface area contributed by atoms with Crippen LogP contribution in [0.3, 0.4) is 0 Å². The molecule has 0 saturated carbocycles. The first kappa shape index (κ1) is 11.2. The van der Waals surface area contributed by atoms with Gasteiger partial charge < -0.3 is 15.4 Å². The van der Waals surface area contributed by atoms with E-state index in [0.717, 1.165) is 5.56 Å². The summed E-state index contributed by atoms with van der Waals surface area (Å²) in [5.41, 5.74) is 1.59. The summed E-state index contributed by atoms with van der Waals surface area (Å²) in [6, 6.07) is 7.63. The van der Waals surface area contributed by atoms with Crippen LogP contribution >= 0.6 is 0 Å². The molecule has 2 aromatic rings. The third kappa shape index (κ3) is 2.84. The molecular weight excluding hydrogens is 223 g/mol. The van der Waals surface area contributed by atoms with Crippen LogP contribution in [0.15, 0.2) is 36.5 Å². The zero-order chi connectivity index (χ0) is 12.3. The summed E-state index contributed by atoms with van der Waals surface area (Å²) in [4.78, 5) is 13.3. The number of carboxylic acids is 1. The molecule has 5 heteroatoms. The fraction of sp³-hybridized carbons (Fsp3) is 0.0833. The lowest BCUT2D eigenvalue weighted by atomic mass is 10.2. The Morgan fingerprint density at radius 2 is 2.24 bits per heavy atom. The van der Waals surface area contributed by atoms with Gasteiger partial charge in [-0.05, 0) is 29.8 Å². The van der Waals surface area contributed by atoms with Crippen molar-refractivity contribution in [3.05, 3.63) is 53.6 Å². The van der Waals surface area contributed by atoms with E-state index in [1.54, 1.807) is 18.3 Å². The average Bonchev–Trinajstić information content (AvgIpc) is 2.75. The van der Waals surface area contributed by atoms with E-state index in [2.05, 4.69) is 10.3 Å². The zero-order valence-corrected chi connectivity index (χ0v) is 8.90. The molecule has 0 aliphatic rings. The van der Waals surface area contributed by atoms with Crippen LogP contribution in [0, 0.1) is 5.82 Å². The Kier molecular flexibility index (Phi) is 3.09. The molecule has 0 bridgehead atoms. The summed E-state index contributed by atoms with van der Waals surface area (Å²) in [7, 11) is 0. The minimum atomic E-state index is -0.998. The molecule has 0 unspecified atom stereocenters. The van der Waals surface area contributed by atoms with E-state index in [4.69, 9.17) is 5.11 Å². The number of aromatic amines is 1. The normalized spacial score (nSPS) is 10.2. The molecule has 0 aliphatic carbocycles. The molecular formula is C12H11FN2O2. The minimum absolute atomic E-state index is 0.140. The van der Waals surface area contributed by atoms with Crippen LogP contribution in [0.5, 0.6) is 0 Å². The monoisotopic (exact) mass is 234 g/mol. The molecule has 0 fully saturated rings. The maximum atomic E-state index is 12.9. The van der Waals surface area contributed by atoms with Crippen molar-refractivity contribution in [2.24, 2.45) is 0 Å². The molecule has 3 N–H and O–H groups in total. The van der Waals surface area contributed by atoms with Crippen molar-refractivity contribution in [2.75, 3.05) is 5.32 Å². The number of benzene rings is 1. The van der Waals surface area contributed by atoms with Crippen LogP contribution in [0.2, 0.25) is 0 Å². The quantitative estimate of drug-likeness (QED) is 0.761. The third-order valence-corrected chi connectivity index (χ3v) is 2.29. The van der Waals surface area contributed by atoms with Crippen molar-refractivity contribution in [1.82, 2.24) is 4.98 Å². The first-order valence-electron chi connectivity index (χ1n) is 5.05. The van der Waals surface area contributed by atoms with Crippen LogP contribution in [-0.2, 0) is 6.54 Å². The molecule has 1 aromatic carbocycles. The van der Waals surface area contributed by atoms with E-state index in [9.17, 15) is 9.18 Å². The van der Waals surface area contributed by atoms with Gasteiger partial charge in [-0.2, -0.15) is 0 Å². The summed E-state index contributed by atoms with van der Waals surface area (Å²) in [5.74, 6) is -1.31. The Morgan fingerprint density at radius 1 is 1.41 bits per heavy atom. The van der Waals surface area contributed by atoms with Crippen molar-refractivity contribution in [1.29, 1.82) is 0 Å². The van der Waals surface area contributed by atoms with Gasteiger partial charge in [0.1, 0.15) is 11.5 Å². The summed E-state index contributed by atoms with van der Waals surface area (Å²) >= 11 is 0. The average molecular weight is 234 g/mol. The van der Waals surface area contributed by atoms with E-state index in [-0.39, 0.29) is 11.5 Å². The number of aromatic nitrogens is 1. The molecule has 2 rings (SSSR count). The molecule has 1 aromatic heterocycles. The minimum Gasteiger partial charge on any atom is -0.477 e. The van der Waals surface area contributed by atoms with Gasteiger partial charge in [-0.3, -0.25) is 0 Å². The van der Waals surface area contributed by atoms with Crippen LogP contribution in [0.25, 0.3) is 0 Å². The highest BCUT2D eigenvalue weighted by atomic mass is 19.1. The molecule has 1 heterocycles. The summed E-state index contributed by atoms with van der Waals surface area (Å²) in [6.45, 7) is 0.438. The smallest absolute Gasteiger partial charge is 0.352 e. The van der Waals surface area contributed by atoms with E-state index >= 15 is 0 Å². The lowest BCUT2D eigenvalue weighted by molar-refractivity contribution is 0.0691. The van der Waals surface area contributed by atoms with Crippen LogP contribution in [-0.4, -0.2) is 16.1 Å². The van der Waals surface area contributed by atoms with Gasteiger partial charge >= 0.3 is 5.97 Å². The van der Waals surface area contributed by atoms with Gasteiger partial charge in [0.05, 0.1) is 0 Å². The summed E-state index contributed by atoms with van der Waals surface area (Å²) in [5, 5.41) is 11.7. The molecule has 4 nitrogen and oxygen atoms in total. The van der Waals surface area contributed by atoms with Crippen molar-refractivity contribution < 1.29 is 14.3 Å². The number of halogens is 1. The highest BCUT2D eigenvalue weighted by molar-refractivity contribution is 5.85. The maximum absolute atomic E-state index is 12.9. The van der Waals surface area contributed by atoms with Gasteiger partial charge in [0.25, 0.3) is 0 Å². The standard InChI is InChI=1S/C12H11FN2O2/c13-9-2-1-3-10(5-9)14-6-8-4-11(12(16)17)15-7-8/h1-5,7,14-15H,6H2,(H,16,17). The van der Waals surface area contributed by atoms with E-state index in [1.165, 1.54) is 18.2 Å². The molecule has 0 atom stereocenters. The fourth-order valence-electron chi connectivity index (χ4n) is 1.47. The molecule has 0 radical (unpaired) electrons. The Hall–Kier alpha value is -2.30. The van der Waals surface area contributed by atoms with Gasteiger partial charge in [-0.15, -0.1) is 0 Å². The van der Waals surface area contributed by atoms with Crippen LogP contribution in [0.4, 0.5) is 10.1 Å². The number of carboxylic acid groups (broad SMARTS) is 1. The van der Waals surface area contributed by atoms with Crippen molar-refractivity contribution in [3.63, 3.8) is 0 Å². The van der Waals surface area contributed by atoms with E-state index in [1.807, 2.05) is 0 Å². The number of carbonyl (C=O) groups is 1. The Balaban J connectivity index is 2.00. The van der Waals surface area contributed by atoms with Crippen LogP contribution < -0.4 is 5.32 Å². The number of anilines is 1. The van der Waals surface area contributed by atoms with Crippen molar-refractivity contribution >= 4 is 11.7 Å². The third-order valence-electron chi connectivity index (χ3n) is 2.29. The maximum Gasteiger partial charge on any atom is 0.352 e. The van der Waals surface area contributed by atoms with Gasteiger partial charge in [0.2, 0.25) is 0 Å². The number of rotatable bonds is 4. The van der Waals surface area contributed by atoms with Gasteiger partial charge in [0, 0.05) is 18.4 Å². The Morgan fingerprint density at radius 3 is 2.88 bits per heavy atom. The second-order valence-corrected chi connectivity index (χ2v) is 3.59. The summed E-state index contributed by atoms with van der Waals surface area (Å²) < 4.78 is 12.9. The van der Waals surface area contributed by atoms with Gasteiger partial charge in [0.15, 0.2) is 0 Å².